The third kappa shape index (κ3) is 3.88. The van der Waals surface area contributed by atoms with E-state index in [2.05, 4.69) is 10.2 Å². The van der Waals surface area contributed by atoms with Gasteiger partial charge in [-0.3, -0.25) is 9.63 Å². The smallest absolute Gasteiger partial charge is 0.264 e. The van der Waals surface area contributed by atoms with Crippen LogP contribution in [0.2, 0.25) is 10.0 Å². The van der Waals surface area contributed by atoms with E-state index in [4.69, 9.17) is 23.2 Å². The van der Waals surface area contributed by atoms with Gasteiger partial charge in [-0.05, 0) is 36.4 Å². The summed E-state index contributed by atoms with van der Waals surface area (Å²) in [6.45, 7) is 0. The van der Waals surface area contributed by atoms with Gasteiger partial charge < -0.3 is 5.32 Å². The average molecular weight is 389 g/mol. The van der Waals surface area contributed by atoms with Crippen molar-refractivity contribution in [3.05, 3.63) is 58.1 Å². The van der Waals surface area contributed by atoms with Crippen LogP contribution in [0.25, 0.3) is 0 Å². The number of amides is 1. The molecule has 0 atom stereocenters. The third-order valence-electron chi connectivity index (χ3n) is 3.21. The van der Waals surface area contributed by atoms with Crippen LogP contribution >= 0.6 is 23.2 Å². The minimum absolute atomic E-state index is 0.00388. The van der Waals surface area contributed by atoms with Crippen molar-refractivity contribution in [1.82, 2.24) is 4.47 Å². The number of rotatable bonds is 5. The van der Waals surface area contributed by atoms with Crippen molar-refractivity contribution in [2.45, 2.75) is 4.90 Å². The van der Waals surface area contributed by atoms with Crippen molar-refractivity contribution in [2.24, 2.45) is 0 Å². The van der Waals surface area contributed by atoms with Gasteiger partial charge in [-0.2, -0.15) is 0 Å². The van der Waals surface area contributed by atoms with Gasteiger partial charge in [0.05, 0.1) is 27.7 Å². The van der Waals surface area contributed by atoms with E-state index in [1.54, 1.807) is 18.2 Å². The van der Waals surface area contributed by atoms with Gasteiger partial charge in [0.2, 0.25) is 0 Å². The predicted octanol–water partition coefficient (Wildman–Crippen LogP) is 3.43. The van der Waals surface area contributed by atoms with Crippen molar-refractivity contribution in [3.63, 3.8) is 0 Å². The molecule has 0 aliphatic carbocycles. The van der Waals surface area contributed by atoms with Crippen LogP contribution in [-0.2, 0) is 14.9 Å². The first-order valence-electron chi connectivity index (χ1n) is 6.66. The van der Waals surface area contributed by atoms with Crippen LogP contribution in [0.4, 0.5) is 5.69 Å². The molecule has 0 fully saturated rings. The van der Waals surface area contributed by atoms with Crippen LogP contribution in [0.5, 0.6) is 0 Å². The third-order valence-corrected chi connectivity index (χ3v) is 5.72. The lowest BCUT2D eigenvalue weighted by Crippen LogP contribution is -2.25. The number of carbonyl (C=O) groups excluding carboxylic acids is 1. The highest BCUT2D eigenvalue weighted by Crippen LogP contribution is 2.29. The second-order valence-corrected chi connectivity index (χ2v) is 7.40. The van der Waals surface area contributed by atoms with Gasteiger partial charge in [-0.25, -0.2) is 8.42 Å². The molecule has 24 heavy (non-hydrogen) atoms. The highest BCUT2D eigenvalue weighted by atomic mass is 35.5. The number of nitrogens with one attached hydrogen (secondary N) is 1. The Morgan fingerprint density at radius 2 is 1.75 bits per heavy atom. The number of hydroxylamine groups is 1. The van der Waals surface area contributed by atoms with E-state index in [1.807, 2.05) is 0 Å². The normalized spacial score (nSPS) is 11.5. The van der Waals surface area contributed by atoms with E-state index in [9.17, 15) is 13.2 Å². The first-order chi connectivity index (χ1) is 11.3. The molecule has 0 heterocycles. The van der Waals surface area contributed by atoms with E-state index in [0.29, 0.717) is 10.7 Å². The Kier molecular flexibility index (Phi) is 5.84. The zero-order valence-electron chi connectivity index (χ0n) is 12.8. The molecular weight excluding hydrogens is 375 g/mol. The summed E-state index contributed by atoms with van der Waals surface area (Å²) in [5, 5.41) is 3.17. The molecular formula is C15H14Cl2N2O4S. The average Bonchev–Trinajstić information content (AvgIpc) is 2.58. The molecule has 9 heteroatoms. The van der Waals surface area contributed by atoms with Crippen LogP contribution in [0.3, 0.4) is 0 Å². The number of hydrogen-bond acceptors (Lipinski definition) is 4. The Bertz CT molecular complexity index is 854. The molecule has 1 amide bonds. The first-order valence-corrected chi connectivity index (χ1v) is 8.85. The van der Waals surface area contributed by atoms with Gasteiger partial charge in [0.25, 0.3) is 15.9 Å². The molecule has 0 saturated carbocycles. The lowest BCUT2D eigenvalue weighted by atomic mass is 10.2. The van der Waals surface area contributed by atoms with Crippen LogP contribution in [-0.4, -0.2) is 33.0 Å². The zero-order valence-corrected chi connectivity index (χ0v) is 15.1. The fourth-order valence-electron chi connectivity index (χ4n) is 1.82. The molecule has 2 aromatic carbocycles. The van der Waals surface area contributed by atoms with E-state index in [1.165, 1.54) is 38.4 Å². The zero-order chi connectivity index (χ0) is 17.9. The SMILES string of the molecule is CON(C)S(=O)(=O)c1ccc(C(=O)Nc2cccc(Cl)c2Cl)cc1. The number of hydrogen-bond donors (Lipinski definition) is 1. The van der Waals surface area contributed by atoms with Gasteiger partial charge in [0.15, 0.2) is 0 Å². The molecule has 6 nitrogen and oxygen atoms in total. The molecule has 0 spiro atoms. The van der Waals surface area contributed by atoms with Crippen molar-refractivity contribution in [3.8, 4) is 0 Å². The topological polar surface area (TPSA) is 75.7 Å². The molecule has 2 rings (SSSR count). The van der Waals surface area contributed by atoms with Crippen LogP contribution in [0.15, 0.2) is 47.4 Å². The Hall–Kier alpha value is -1.64. The van der Waals surface area contributed by atoms with Crippen LogP contribution in [0.1, 0.15) is 10.4 Å². The fraction of sp³-hybridized carbons (Fsp3) is 0.133. The lowest BCUT2D eigenvalue weighted by molar-refractivity contribution is -0.0258. The summed E-state index contributed by atoms with van der Waals surface area (Å²) >= 11 is 11.9. The number of nitrogens with zero attached hydrogens (tertiary/aromatic N) is 1. The molecule has 2 aromatic rings. The Morgan fingerprint density at radius 3 is 2.33 bits per heavy atom. The second kappa shape index (κ2) is 7.50. The van der Waals surface area contributed by atoms with Gasteiger partial charge in [-0.1, -0.05) is 33.7 Å². The fourth-order valence-corrected chi connectivity index (χ4v) is 3.14. The minimum atomic E-state index is -3.76. The maximum absolute atomic E-state index is 12.2. The highest BCUT2D eigenvalue weighted by molar-refractivity contribution is 7.89. The Labute approximate surface area is 149 Å². The quantitative estimate of drug-likeness (QED) is 0.796. The predicted molar refractivity (Wildman–Crippen MR) is 92.8 cm³/mol. The summed E-state index contributed by atoms with van der Waals surface area (Å²) in [6.07, 6.45) is 0. The minimum Gasteiger partial charge on any atom is -0.321 e. The molecule has 128 valence electrons. The molecule has 0 aromatic heterocycles. The largest absolute Gasteiger partial charge is 0.321 e. The Balaban J connectivity index is 2.22. The summed E-state index contributed by atoms with van der Waals surface area (Å²) in [5.74, 6) is -0.441. The maximum Gasteiger partial charge on any atom is 0.264 e. The van der Waals surface area contributed by atoms with Crippen molar-refractivity contribution in [1.29, 1.82) is 0 Å². The van der Waals surface area contributed by atoms with Gasteiger partial charge in [-0.15, -0.1) is 0 Å². The summed E-state index contributed by atoms with van der Waals surface area (Å²) in [7, 11) is -1.24. The van der Waals surface area contributed by atoms with Crippen molar-refractivity contribution in [2.75, 3.05) is 19.5 Å². The summed E-state index contributed by atoms with van der Waals surface area (Å²) in [4.78, 5) is 16.9. The number of anilines is 1. The molecule has 0 radical (unpaired) electrons. The van der Waals surface area contributed by atoms with Crippen LogP contribution in [0, 0.1) is 0 Å². The van der Waals surface area contributed by atoms with Gasteiger partial charge in [0.1, 0.15) is 0 Å². The molecule has 0 saturated heterocycles. The summed E-state index contributed by atoms with van der Waals surface area (Å²) in [5.41, 5.74) is 0.634. The molecule has 0 aliphatic rings. The summed E-state index contributed by atoms with van der Waals surface area (Å²) < 4.78 is 24.9. The maximum atomic E-state index is 12.2. The second-order valence-electron chi connectivity index (χ2n) is 4.68. The number of carbonyl (C=O) groups is 1. The lowest BCUT2D eigenvalue weighted by Gasteiger charge is -2.14. The number of halogens is 2. The van der Waals surface area contributed by atoms with E-state index < -0.39 is 15.9 Å². The highest BCUT2D eigenvalue weighted by Gasteiger charge is 2.21. The molecule has 0 unspecified atom stereocenters. The molecule has 0 aliphatic heterocycles. The van der Waals surface area contributed by atoms with E-state index in [0.717, 1.165) is 4.47 Å². The number of sulfonamides is 1. The number of benzene rings is 2. The monoisotopic (exact) mass is 388 g/mol. The van der Waals surface area contributed by atoms with Crippen molar-refractivity contribution >= 4 is 44.8 Å². The van der Waals surface area contributed by atoms with Gasteiger partial charge >= 0.3 is 0 Å². The Morgan fingerprint density at radius 1 is 1.12 bits per heavy atom. The van der Waals surface area contributed by atoms with Gasteiger partial charge in [0, 0.05) is 12.6 Å². The summed E-state index contributed by atoms with van der Waals surface area (Å²) in [6, 6.07) is 10.3. The van der Waals surface area contributed by atoms with E-state index >= 15 is 0 Å². The van der Waals surface area contributed by atoms with Crippen molar-refractivity contribution < 1.29 is 18.0 Å². The first kappa shape index (κ1) is 18.7. The van der Waals surface area contributed by atoms with E-state index in [-0.39, 0.29) is 15.5 Å². The standard InChI is InChI=1S/C15H14Cl2N2O4S/c1-19(23-2)24(21,22)11-8-6-10(7-9-11)15(20)18-13-5-3-4-12(16)14(13)17/h3-9H,1-2H3,(H,18,20). The molecule has 1 N–H and O–H groups in total. The van der Waals surface area contributed by atoms with Crippen LogP contribution < -0.4 is 5.32 Å². The molecule has 0 bridgehead atoms.